The van der Waals surface area contributed by atoms with Crippen molar-refractivity contribution in [3.63, 3.8) is 0 Å². The molecule has 0 bridgehead atoms. The van der Waals surface area contributed by atoms with Crippen LogP contribution in [0.2, 0.25) is 0 Å². The Bertz CT molecular complexity index is 272. The average molecular weight is 269 g/mol. The van der Waals surface area contributed by atoms with Gasteiger partial charge in [0.15, 0.2) is 0 Å². The van der Waals surface area contributed by atoms with E-state index in [2.05, 4.69) is 36.7 Å². The summed E-state index contributed by atoms with van der Waals surface area (Å²) in [5.41, 5.74) is 0. The first kappa shape index (κ1) is 15.7. The van der Waals surface area contributed by atoms with Crippen molar-refractivity contribution >= 4 is 11.3 Å². The van der Waals surface area contributed by atoms with Crippen LogP contribution in [0.4, 0.5) is 0 Å². The zero-order valence-electron chi connectivity index (χ0n) is 11.8. The SMILES string of the molecule is CC(C)CNCCCCCOCCc1cccs1. The van der Waals surface area contributed by atoms with Crippen molar-refractivity contribution in [3.8, 4) is 0 Å². The van der Waals surface area contributed by atoms with Crippen LogP contribution in [-0.4, -0.2) is 26.3 Å². The van der Waals surface area contributed by atoms with Gasteiger partial charge in [-0.2, -0.15) is 0 Å². The first-order chi connectivity index (χ1) is 8.79. The van der Waals surface area contributed by atoms with Crippen LogP contribution in [0.25, 0.3) is 0 Å². The summed E-state index contributed by atoms with van der Waals surface area (Å²) in [7, 11) is 0. The van der Waals surface area contributed by atoms with Crippen molar-refractivity contribution in [2.45, 2.75) is 39.5 Å². The molecule has 0 aromatic carbocycles. The molecule has 0 fully saturated rings. The van der Waals surface area contributed by atoms with Crippen LogP contribution in [0.15, 0.2) is 17.5 Å². The highest BCUT2D eigenvalue weighted by molar-refractivity contribution is 7.09. The molecule has 0 atom stereocenters. The molecule has 0 saturated heterocycles. The van der Waals surface area contributed by atoms with Crippen LogP contribution >= 0.6 is 11.3 Å². The van der Waals surface area contributed by atoms with Crippen LogP contribution < -0.4 is 5.32 Å². The molecule has 2 nitrogen and oxygen atoms in total. The molecule has 1 N–H and O–H groups in total. The summed E-state index contributed by atoms with van der Waals surface area (Å²) in [5, 5.41) is 5.59. The topological polar surface area (TPSA) is 21.3 Å². The van der Waals surface area contributed by atoms with Gasteiger partial charge in [0.2, 0.25) is 0 Å². The molecule has 0 spiro atoms. The summed E-state index contributed by atoms with van der Waals surface area (Å²) in [5.74, 6) is 0.755. The minimum Gasteiger partial charge on any atom is -0.381 e. The van der Waals surface area contributed by atoms with E-state index in [4.69, 9.17) is 4.74 Å². The van der Waals surface area contributed by atoms with Crippen molar-refractivity contribution in [2.75, 3.05) is 26.3 Å². The smallest absolute Gasteiger partial charge is 0.0514 e. The molecular weight excluding hydrogens is 242 g/mol. The molecular formula is C15H27NOS. The maximum atomic E-state index is 5.64. The summed E-state index contributed by atoms with van der Waals surface area (Å²) in [6.45, 7) is 8.55. The first-order valence-electron chi connectivity index (χ1n) is 7.10. The van der Waals surface area contributed by atoms with Crippen molar-refractivity contribution in [1.29, 1.82) is 0 Å². The molecule has 1 rings (SSSR count). The summed E-state index contributed by atoms with van der Waals surface area (Å²) in [6.07, 6.45) is 4.78. The van der Waals surface area contributed by atoms with Crippen molar-refractivity contribution < 1.29 is 4.74 Å². The molecule has 104 valence electrons. The fourth-order valence-electron chi connectivity index (χ4n) is 1.75. The van der Waals surface area contributed by atoms with Crippen molar-refractivity contribution in [2.24, 2.45) is 5.92 Å². The van der Waals surface area contributed by atoms with E-state index < -0.39 is 0 Å². The molecule has 0 radical (unpaired) electrons. The van der Waals surface area contributed by atoms with Crippen LogP contribution in [0.5, 0.6) is 0 Å². The highest BCUT2D eigenvalue weighted by atomic mass is 32.1. The minimum absolute atomic E-state index is 0.755. The molecule has 18 heavy (non-hydrogen) atoms. The van der Waals surface area contributed by atoms with Gasteiger partial charge in [0.05, 0.1) is 6.61 Å². The summed E-state index contributed by atoms with van der Waals surface area (Å²) < 4.78 is 5.64. The van der Waals surface area contributed by atoms with Crippen LogP contribution in [-0.2, 0) is 11.2 Å². The Balaban J connectivity index is 1.76. The third-order valence-corrected chi connectivity index (χ3v) is 3.70. The van der Waals surface area contributed by atoms with Gasteiger partial charge in [-0.25, -0.2) is 0 Å². The second-order valence-corrected chi connectivity index (χ2v) is 6.13. The van der Waals surface area contributed by atoms with Gasteiger partial charge in [0, 0.05) is 17.9 Å². The van der Waals surface area contributed by atoms with E-state index >= 15 is 0 Å². The second kappa shape index (κ2) is 10.5. The predicted octanol–water partition coefficient (Wildman–Crippen LogP) is 3.72. The van der Waals surface area contributed by atoms with E-state index in [1.807, 2.05) is 11.3 Å². The van der Waals surface area contributed by atoms with E-state index in [1.165, 1.54) is 24.1 Å². The van der Waals surface area contributed by atoms with E-state index in [9.17, 15) is 0 Å². The average Bonchev–Trinajstić information content (AvgIpc) is 2.84. The molecule has 0 aliphatic rings. The fraction of sp³-hybridized carbons (Fsp3) is 0.733. The van der Waals surface area contributed by atoms with Crippen LogP contribution in [0, 0.1) is 5.92 Å². The Morgan fingerprint density at radius 3 is 2.83 bits per heavy atom. The molecule has 3 heteroatoms. The molecule has 1 aromatic rings. The van der Waals surface area contributed by atoms with Crippen LogP contribution in [0.1, 0.15) is 38.0 Å². The Hall–Kier alpha value is -0.380. The molecule has 0 saturated carbocycles. The lowest BCUT2D eigenvalue weighted by molar-refractivity contribution is 0.133. The van der Waals surface area contributed by atoms with Gasteiger partial charge >= 0.3 is 0 Å². The summed E-state index contributed by atoms with van der Waals surface area (Å²) in [4.78, 5) is 1.42. The lowest BCUT2D eigenvalue weighted by Crippen LogP contribution is -2.20. The van der Waals surface area contributed by atoms with Crippen LogP contribution in [0.3, 0.4) is 0 Å². The maximum Gasteiger partial charge on any atom is 0.0514 e. The zero-order chi connectivity index (χ0) is 13.1. The van der Waals surface area contributed by atoms with Gasteiger partial charge in [0.25, 0.3) is 0 Å². The zero-order valence-corrected chi connectivity index (χ0v) is 12.6. The van der Waals surface area contributed by atoms with Gasteiger partial charge in [0.1, 0.15) is 0 Å². The number of unbranched alkanes of at least 4 members (excludes halogenated alkanes) is 2. The van der Waals surface area contributed by atoms with E-state index in [0.717, 1.165) is 38.6 Å². The predicted molar refractivity (Wildman–Crippen MR) is 80.4 cm³/mol. The number of thiophene rings is 1. The third-order valence-electron chi connectivity index (χ3n) is 2.77. The highest BCUT2D eigenvalue weighted by Crippen LogP contribution is 2.09. The fourth-order valence-corrected chi connectivity index (χ4v) is 2.44. The molecule has 0 amide bonds. The Kier molecular flexibility index (Phi) is 9.17. The highest BCUT2D eigenvalue weighted by Gasteiger charge is 1.95. The molecule has 0 aliphatic heterocycles. The van der Waals surface area contributed by atoms with Gasteiger partial charge in [-0.05, 0) is 49.7 Å². The molecule has 1 aromatic heterocycles. The minimum atomic E-state index is 0.755. The Morgan fingerprint density at radius 1 is 1.22 bits per heavy atom. The van der Waals surface area contributed by atoms with Gasteiger partial charge < -0.3 is 10.1 Å². The molecule has 0 unspecified atom stereocenters. The lowest BCUT2D eigenvalue weighted by Gasteiger charge is -2.07. The Morgan fingerprint density at radius 2 is 2.11 bits per heavy atom. The summed E-state index contributed by atoms with van der Waals surface area (Å²) in [6, 6.07) is 4.28. The van der Waals surface area contributed by atoms with E-state index in [1.54, 1.807) is 0 Å². The van der Waals surface area contributed by atoms with E-state index in [0.29, 0.717) is 0 Å². The standard InChI is InChI=1S/C15H27NOS/c1-14(2)13-16-9-4-3-5-10-17-11-8-15-7-6-12-18-15/h6-7,12,14,16H,3-5,8-11,13H2,1-2H3. The Labute approximate surface area is 116 Å². The lowest BCUT2D eigenvalue weighted by atomic mass is 10.2. The number of ether oxygens (including phenoxy) is 1. The number of hydrogen-bond acceptors (Lipinski definition) is 3. The first-order valence-corrected chi connectivity index (χ1v) is 7.98. The number of rotatable bonds is 11. The maximum absolute atomic E-state index is 5.64. The van der Waals surface area contributed by atoms with Crippen molar-refractivity contribution in [1.82, 2.24) is 5.32 Å². The second-order valence-electron chi connectivity index (χ2n) is 5.10. The number of hydrogen-bond donors (Lipinski definition) is 1. The third kappa shape index (κ3) is 8.67. The van der Waals surface area contributed by atoms with Gasteiger partial charge in [-0.15, -0.1) is 11.3 Å². The van der Waals surface area contributed by atoms with Gasteiger partial charge in [-0.1, -0.05) is 19.9 Å². The largest absolute Gasteiger partial charge is 0.381 e. The van der Waals surface area contributed by atoms with Gasteiger partial charge in [-0.3, -0.25) is 0 Å². The quantitative estimate of drug-likeness (QED) is 0.618. The molecule has 0 aliphatic carbocycles. The van der Waals surface area contributed by atoms with E-state index in [-0.39, 0.29) is 0 Å². The molecule has 1 heterocycles. The summed E-state index contributed by atoms with van der Waals surface area (Å²) >= 11 is 1.81. The monoisotopic (exact) mass is 269 g/mol. The number of nitrogens with one attached hydrogen (secondary N) is 1. The van der Waals surface area contributed by atoms with Crippen molar-refractivity contribution in [3.05, 3.63) is 22.4 Å². The normalized spacial score (nSPS) is 11.3.